The molecule has 0 aliphatic heterocycles. The molecule has 1 aromatic rings. The fourth-order valence-electron chi connectivity index (χ4n) is 4.52. The van der Waals surface area contributed by atoms with Crippen molar-refractivity contribution in [2.75, 3.05) is 13.7 Å². The number of benzene rings is 1. The van der Waals surface area contributed by atoms with E-state index in [4.69, 9.17) is 9.84 Å². The number of rotatable bonds is 6. The minimum atomic E-state index is -0.781. The topological polar surface area (TPSA) is 75.6 Å². The van der Waals surface area contributed by atoms with Gasteiger partial charge < -0.3 is 15.2 Å². The van der Waals surface area contributed by atoms with Gasteiger partial charge in [-0.25, -0.2) is 0 Å². The lowest BCUT2D eigenvalue weighted by molar-refractivity contribution is -0.141. The number of ether oxygens (including phenoxy) is 1. The van der Waals surface area contributed by atoms with Crippen molar-refractivity contribution >= 4 is 11.9 Å². The Kier molecular flexibility index (Phi) is 5.30. The van der Waals surface area contributed by atoms with E-state index in [1.165, 1.54) is 5.56 Å². The quantitative estimate of drug-likeness (QED) is 0.830. The zero-order chi connectivity index (χ0) is 17.9. The van der Waals surface area contributed by atoms with Gasteiger partial charge in [-0.15, -0.1) is 0 Å². The van der Waals surface area contributed by atoms with Crippen LogP contribution < -0.4 is 10.1 Å². The average molecular weight is 345 g/mol. The van der Waals surface area contributed by atoms with E-state index in [9.17, 15) is 9.59 Å². The molecule has 2 N–H and O–H groups in total. The van der Waals surface area contributed by atoms with Gasteiger partial charge in [-0.1, -0.05) is 31.0 Å². The number of carboxylic acids is 1. The van der Waals surface area contributed by atoms with E-state index in [0.29, 0.717) is 25.8 Å². The van der Waals surface area contributed by atoms with Crippen LogP contribution in [0.4, 0.5) is 0 Å². The van der Waals surface area contributed by atoms with Crippen LogP contribution in [0.1, 0.15) is 50.5 Å². The molecule has 0 unspecified atom stereocenters. The van der Waals surface area contributed by atoms with Gasteiger partial charge in [0.1, 0.15) is 5.75 Å². The fraction of sp³-hybridized carbons (Fsp3) is 0.600. The zero-order valence-electron chi connectivity index (χ0n) is 14.8. The predicted molar refractivity (Wildman–Crippen MR) is 94.6 cm³/mol. The summed E-state index contributed by atoms with van der Waals surface area (Å²) in [4.78, 5) is 23.7. The van der Waals surface area contributed by atoms with Crippen LogP contribution in [0.25, 0.3) is 0 Å². The number of carbonyl (C=O) groups is 2. The Hall–Kier alpha value is -2.04. The molecule has 0 radical (unpaired) electrons. The maximum atomic E-state index is 12.6. The van der Waals surface area contributed by atoms with Crippen molar-refractivity contribution in [3.8, 4) is 5.75 Å². The van der Waals surface area contributed by atoms with Crippen LogP contribution in [0, 0.1) is 11.8 Å². The van der Waals surface area contributed by atoms with Crippen molar-refractivity contribution in [2.24, 2.45) is 11.8 Å². The van der Waals surface area contributed by atoms with Crippen LogP contribution in [0.2, 0.25) is 0 Å². The Morgan fingerprint density at radius 2 is 1.88 bits per heavy atom. The number of carboxylic acid groups (broad SMARTS) is 1. The van der Waals surface area contributed by atoms with Crippen LogP contribution >= 0.6 is 0 Å². The number of para-hydroxylation sites is 1. The standard InChI is InChI=1S/C20H27NO4/c1-25-17-7-3-2-6-16(17)20(10-4-5-11-20)13-21-18(22)14-8-9-15(12-14)19(23)24/h2-3,6-7,14-15H,4-5,8-13H2,1H3,(H,21,22)(H,23,24)/t14-,15+/m1/s1. The molecule has 0 bridgehead atoms. The lowest BCUT2D eigenvalue weighted by Crippen LogP contribution is -2.41. The van der Waals surface area contributed by atoms with E-state index in [2.05, 4.69) is 11.4 Å². The van der Waals surface area contributed by atoms with Gasteiger partial charge in [0.25, 0.3) is 0 Å². The molecule has 25 heavy (non-hydrogen) atoms. The first-order valence-corrected chi connectivity index (χ1v) is 9.20. The van der Waals surface area contributed by atoms with E-state index >= 15 is 0 Å². The van der Waals surface area contributed by atoms with Crippen molar-refractivity contribution in [1.29, 1.82) is 0 Å². The number of methoxy groups -OCH3 is 1. The summed E-state index contributed by atoms with van der Waals surface area (Å²) in [5.41, 5.74) is 1.10. The van der Waals surface area contributed by atoms with Crippen LogP contribution in [0.3, 0.4) is 0 Å². The molecule has 2 saturated carbocycles. The van der Waals surface area contributed by atoms with Gasteiger partial charge in [0, 0.05) is 23.4 Å². The van der Waals surface area contributed by atoms with Crippen molar-refractivity contribution in [3.63, 3.8) is 0 Å². The Balaban J connectivity index is 1.69. The minimum Gasteiger partial charge on any atom is -0.496 e. The highest BCUT2D eigenvalue weighted by Crippen LogP contribution is 2.44. The summed E-state index contributed by atoms with van der Waals surface area (Å²) >= 11 is 0. The molecule has 2 aliphatic carbocycles. The second-order valence-corrected chi connectivity index (χ2v) is 7.45. The van der Waals surface area contributed by atoms with Gasteiger partial charge in [0.15, 0.2) is 0 Å². The van der Waals surface area contributed by atoms with E-state index in [1.54, 1.807) is 7.11 Å². The zero-order valence-corrected chi connectivity index (χ0v) is 14.8. The SMILES string of the molecule is COc1ccccc1C1(CNC(=O)[C@@H]2CC[C@H](C(=O)O)C2)CCCC1. The average Bonchev–Trinajstić information content (AvgIpc) is 3.30. The monoisotopic (exact) mass is 345 g/mol. The van der Waals surface area contributed by atoms with Gasteiger partial charge in [-0.05, 0) is 38.2 Å². The summed E-state index contributed by atoms with van der Waals surface area (Å²) in [6, 6.07) is 8.07. The summed E-state index contributed by atoms with van der Waals surface area (Å²) in [5, 5.41) is 12.2. The normalized spacial score (nSPS) is 24.8. The summed E-state index contributed by atoms with van der Waals surface area (Å²) < 4.78 is 5.55. The fourth-order valence-corrected chi connectivity index (χ4v) is 4.52. The molecule has 2 fully saturated rings. The van der Waals surface area contributed by atoms with Crippen molar-refractivity contribution < 1.29 is 19.4 Å². The first-order chi connectivity index (χ1) is 12.1. The Bertz CT molecular complexity index is 636. The highest BCUT2D eigenvalue weighted by atomic mass is 16.5. The van der Waals surface area contributed by atoms with Gasteiger partial charge in [0.05, 0.1) is 13.0 Å². The first kappa shape index (κ1) is 17.8. The van der Waals surface area contributed by atoms with Gasteiger partial charge in [-0.2, -0.15) is 0 Å². The highest BCUT2D eigenvalue weighted by molar-refractivity contribution is 5.81. The Labute approximate surface area is 148 Å². The third-order valence-electron chi connectivity index (χ3n) is 5.99. The van der Waals surface area contributed by atoms with E-state index in [1.807, 2.05) is 18.2 Å². The smallest absolute Gasteiger partial charge is 0.306 e. The van der Waals surface area contributed by atoms with Crippen molar-refractivity contribution in [2.45, 2.75) is 50.4 Å². The molecular weight excluding hydrogens is 318 g/mol. The number of nitrogens with one attached hydrogen (secondary N) is 1. The third kappa shape index (κ3) is 3.65. The molecule has 0 heterocycles. The molecule has 0 spiro atoms. The molecule has 3 rings (SSSR count). The second kappa shape index (κ2) is 7.46. The molecule has 136 valence electrons. The summed E-state index contributed by atoms with van der Waals surface area (Å²) in [6.07, 6.45) is 6.11. The summed E-state index contributed by atoms with van der Waals surface area (Å²) in [7, 11) is 1.69. The molecule has 1 aromatic carbocycles. The number of hydrogen-bond acceptors (Lipinski definition) is 3. The predicted octanol–water partition coefficient (Wildman–Crippen LogP) is 3.12. The third-order valence-corrected chi connectivity index (χ3v) is 5.99. The van der Waals surface area contributed by atoms with E-state index < -0.39 is 5.97 Å². The van der Waals surface area contributed by atoms with Crippen molar-refractivity contribution in [1.82, 2.24) is 5.32 Å². The van der Waals surface area contributed by atoms with Gasteiger partial charge >= 0.3 is 5.97 Å². The molecule has 2 atom stereocenters. The van der Waals surface area contributed by atoms with Crippen LogP contribution in [-0.2, 0) is 15.0 Å². The maximum absolute atomic E-state index is 12.6. The maximum Gasteiger partial charge on any atom is 0.306 e. The Morgan fingerprint density at radius 1 is 1.20 bits per heavy atom. The molecule has 2 aliphatic rings. The molecule has 5 nitrogen and oxygen atoms in total. The number of amides is 1. The first-order valence-electron chi connectivity index (χ1n) is 9.20. The minimum absolute atomic E-state index is 0.00456. The lowest BCUT2D eigenvalue weighted by Gasteiger charge is -2.31. The van der Waals surface area contributed by atoms with E-state index in [-0.39, 0.29) is 23.2 Å². The van der Waals surface area contributed by atoms with Gasteiger partial charge in [0.2, 0.25) is 5.91 Å². The largest absolute Gasteiger partial charge is 0.496 e. The van der Waals surface area contributed by atoms with E-state index in [0.717, 1.165) is 31.4 Å². The molecule has 5 heteroatoms. The molecular formula is C20H27NO4. The van der Waals surface area contributed by atoms with Gasteiger partial charge in [-0.3, -0.25) is 9.59 Å². The molecule has 0 saturated heterocycles. The lowest BCUT2D eigenvalue weighted by atomic mass is 9.78. The Morgan fingerprint density at radius 3 is 2.52 bits per heavy atom. The van der Waals surface area contributed by atoms with Crippen LogP contribution in [0.5, 0.6) is 5.75 Å². The molecule has 0 aromatic heterocycles. The number of hydrogen-bond donors (Lipinski definition) is 2. The van der Waals surface area contributed by atoms with Crippen molar-refractivity contribution in [3.05, 3.63) is 29.8 Å². The second-order valence-electron chi connectivity index (χ2n) is 7.45. The number of carbonyl (C=O) groups excluding carboxylic acids is 1. The highest BCUT2D eigenvalue weighted by Gasteiger charge is 2.39. The molecule has 1 amide bonds. The van der Waals surface area contributed by atoms with Crippen LogP contribution in [0.15, 0.2) is 24.3 Å². The van der Waals surface area contributed by atoms with Crippen LogP contribution in [-0.4, -0.2) is 30.6 Å². The summed E-state index contributed by atoms with van der Waals surface area (Å²) in [6.45, 7) is 0.598. The number of aliphatic carboxylic acids is 1. The summed E-state index contributed by atoms with van der Waals surface area (Å²) in [5.74, 6) is -0.436.